The Morgan fingerprint density at radius 1 is 1.41 bits per heavy atom. The number of piperidine rings is 1. The third-order valence-corrected chi connectivity index (χ3v) is 4.29. The predicted octanol–water partition coefficient (Wildman–Crippen LogP) is 0.341. The van der Waals surface area contributed by atoms with Gasteiger partial charge >= 0.3 is 0 Å². The lowest BCUT2D eigenvalue weighted by Crippen LogP contribution is -2.45. The van der Waals surface area contributed by atoms with Gasteiger partial charge in [0.1, 0.15) is 6.10 Å². The van der Waals surface area contributed by atoms with Crippen LogP contribution in [0.5, 0.6) is 5.88 Å². The van der Waals surface area contributed by atoms with E-state index in [9.17, 15) is 9.90 Å². The number of carbonyl (C=O) groups excluding carboxylic acids is 1. The van der Waals surface area contributed by atoms with Crippen LogP contribution in [0.3, 0.4) is 0 Å². The van der Waals surface area contributed by atoms with E-state index < -0.39 is 6.10 Å². The van der Waals surface area contributed by atoms with Crippen molar-refractivity contribution in [3.05, 3.63) is 12.3 Å². The topological polar surface area (TPSA) is 87.6 Å². The van der Waals surface area contributed by atoms with Crippen LogP contribution in [-0.4, -0.2) is 53.3 Å². The first-order valence-electron chi connectivity index (χ1n) is 7.78. The van der Waals surface area contributed by atoms with E-state index in [1.807, 2.05) is 0 Å². The van der Waals surface area contributed by atoms with Crippen LogP contribution in [0, 0.1) is 5.92 Å². The molecular weight excluding hydrogens is 284 g/mol. The monoisotopic (exact) mass is 306 g/mol. The summed E-state index contributed by atoms with van der Waals surface area (Å²) in [7, 11) is 1.58. The van der Waals surface area contributed by atoms with E-state index >= 15 is 0 Å². The number of aliphatic hydroxyl groups is 1. The molecule has 1 unspecified atom stereocenters. The van der Waals surface area contributed by atoms with Crippen molar-refractivity contribution >= 4 is 11.9 Å². The summed E-state index contributed by atoms with van der Waals surface area (Å²) in [5, 5.41) is 13.0. The number of nitrogens with zero attached hydrogens (tertiary/aromatic N) is 3. The highest BCUT2D eigenvalue weighted by Gasteiger charge is 2.33. The highest BCUT2D eigenvalue weighted by molar-refractivity contribution is 5.81. The van der Waals surface area contributed by atoms with Gasteiger partial charge in [-0.1, -0.05) is 0 Å². The number of ether oxygens (including phenoxy) is 1. The Morgan fingerprint density at radius 3 is 2.77 bits per heavy atom. The van der Waals surface area contributed by atoms with Crippen LogP contribution in [0.1, 0.15) is 25.7 Å². The molecule has 2 heterocycles. The van der Waals surface area contributed by atoms with Crippen molar-refractivity contribution in [2.24, 2.45) is 5.92 Å². The van der Waals surface area contributed by atoms with Gasteiger partial charge in [0.2, 0.25) is 17.7 Å². The molecule has 1 aromatic rings. The second-order valence-corrected chi connectivity index (χ2v) is 5.95. The van der Waals surface area contributed by atoms with E-state index in [1.165, 1.54) is 0 Å². The minimum atomic E-state index is -0.908. The zero-order valence-electron chi connectivity index (χ0n) is 12.7. The summed E-state index contributed by atoms with van der Waals surface area (Å²) in [5.41, 5.74) is 0. The van der Waals surface area contributed by atoms with Gasteiger partial charge in [-0.2, -0.15) is 4.98 Å². The maximum atomic E-state index is 11.9. The van der Waals surface area contributed by atoms with Crippen molar-refractivity contribution < 1.29 is 14.6 Å². The Hall–Kier alpha value is -1.89. The number of hydrogen-bond acceptors (Lipinski definition) is 6. The van der Waals surface area contributed by atoms with Crippen molar-refractivity contribution in [2.75, 3.05) is 25.1 Å². The lowest BCUT2D eigenvalue weighted by molar-refractivity contribution is -0.132. The number of nitrogens with one attached hydrogen (secondary N) is 1. The first-order valence-corrected chi connectivity index (χ1v) is 7.78. The maximum Gasteiger partial charge on any atom is 0.249 e. The second-order valence-electron chi connectivity index (χ2n) is 5.95. The fourth-order valence-electron chi connectivity index (χ4n) is 2.74. The lowest BCUT2D eigenvalue weighted by atomic mass is 9.91. The van der Waals surface area contributed by atoms with Crippen LogP contribution in [0.25, 0.3) is 0 Å². The van der Waals surface area contributed by atoms with Crippen LogP contribution in [-0.2, 0) is 4.79 Å². The van der Waals surface area contributed by atoms with Crippen molar-refractivity contribution in [3.8, 4) is 5.88 Å². The van der Waals surface area contributed by atoms with E-state index in [1.54, 1.807) is 19.4 Å². The molecule has 2 fully saturated rings. The number of amides is 1. The summed E-state index contributed by atoms with van der Waals surface area (Å²) in [5.74, 6) is 0.949. The minimum absolute atomic E-state index is 0.000563. The van der Waals surface area contributed by atoms with E-state index in [4.69, 9.17) is 4.74 Å². The van der Waals surface area contributed by atoms with Gasteiger partial charge < -0.3 is 20.1 Å². The van der Waals surface area contributed by atoms with E-state index in [2.05, 4.69) is 20.2 Å². The van der Waals surface area contributed by atoms with E-state index in [-0.39, 0.29) is 17.9 Å². The van der Waals surface area contributed by atoms with Crippen LogP contribution >= 0.6 is 0 Å². The average Bonchev–Trinajstić information content (AvgIpc) is 3.38. The minimum Gasteiger partial charge on any atom is -0.481 e. The molecule has 1 aromatic heterocycles. The summed E-state index contributed by atoms with van der Waals surface area (Å²) < 4.78 is 5.11. The quantitative estimate of drug-likeness (QED) is 0.816. The first-order chi connectivity index (χ1) is 10.7. The zero-order chi connectivity index (χ0) is 15.5. The smallest absolute Gasteiger partial charge is 0.249 e. The molecule has 3 rings (SSSR count). The number of carbonyl (C=O) groups is 1. The number of anilines is 1. The van der Waals surface area contributed by atoms with Gasteiger partial charge in [-0.25, -0.2) is 4.98 Å². The Kier molecular flexibility index (Phi) is 4.42. The van der Waals surface area contributed by atoms with Crippen molar-refractivity contribution in [1.29, 1.82) is 0 Å². The average molecular weight is 306 g/mol. The molecule has 7 nitrogen and oxygen atoms in total. The molecule has 1 saturated carbocycles. The number of aliphatic hydroxyl groups excluding tert-OH is 1. The standard InChI is InChI=1S/C15H22N4O3/c1-22-12-4-7-16-15(18-12)19-8-5-10(6-9-19)13(20)14(21)17-11-2-3-11/h4,7,10-11,13,20H,2-3,5-6,8-9H2,1H3,(H,17,21). The molecule has 2 N–H and O–H groups in total. The normalized spacial score (nSPS) is 20.5. The Bertz CT molecular complexity index is 527. The summed E-state index contributed by atoms with van der Waals surface area (Å²) in [6.07, 6.45) is 4.33. The van der Waals surface area contributed by atoms with Crippen LogP contribution in [0.2, 0.25) is 0 Å². The van der Waals surface area contributed by atoms with E-state index in [0.717, 1.165) is 38.8 Å². The Morgan fingerprint density at radius 2 is 2.14 bits per heavy atom. The van der Waals surface area contributed by atoms with E-state index in [0.29, 0.717) is 11.8 Å². The number of rotatable bonds is 5. The van der Waals surface area contributed by atoms with Crippen molar-refractivity contribution in [3.63, 3.8) is 0 Å². The number of hydrogen-bond donors (Lipinski definition) is 2. The molecule has 2 aliphatic rings. The van der Waals surface area contributed by atoms with Crippen molar-refractivity contribution in [1.82, 2.24) is 15.3 Å². The molecule has 7 heteroatoms. The summed E-state index contributed by atoms with van der Waals surface area (Å²) in [4.78, 5) is 22.5. The van der Waals surface area contributed by atoms with Crippen LogP contribution < -0.4 is 15.0 Å². The number of methoxy groups -OCH3 is 1. The molecule has 1 amide bonds. The molecule has 1 saturated heterocycles. The third kappa shape index (κ3) is 3.47. The Labute approximate surface area is 129 Å². The third-order valence-electron chi connectivity index (χ3n) is 4.29. The largest absolute Gasteiger partial charge is 0.481 e. The van der Waals surface area contributed by atoms with Gasteiger partial charge in [-0.15, -0.1) is 0 Å². The highest BCUT2D eigenvalue weighted by atomic mass is 16.5. The molecule has 0 aromatic carbocycles. The molecule has 1 atom stereocenters. The van der Waals surface area contributed by atoms with Gasteiger partial charge in [0, 0.05) is 31.4 Å². The fourth-order valence-corrected chi connectivity index (χ4v) is 2.74. The summed E-state index contributed by atoms with van der Waals surface area (Å²) in [6.45, 7) is 1.46. The Balaban J connectivity index is 1.53. The molecule has 0 spiro atoms. The van der Waals surface area contributed by atoms with Gasteiger partial charge in [-0.3, -0.25) is 4.79 Å². The van der Waals surface area contributed by atoms with Crippen LogP contribution in [0.15, 0.2) is 12.3 Å². The van der Waals surface area contributed by atoms with Crippen LogP contribution in [0.4, 0.5) is 5.95 Å². The zero-order valence-corrected chi connectivity index (χ0v) is 12.7. The molecule has 0 radical (unpaired) electrons. The second kappa shape index (κ2) is 6.48. The first kappa shape index (κ1) is 15.0. The molecule has 0 bridgehead atoms. The van der Waals surface area contributed by atoms with Gasteiger partial charge in [0.15, 0.2) is 0 Å². The molecule has 1 aliphatic heterocycles. The summed E-state index contributed by atoms with van der Waals surface area (Å²) >= 11 is 0. The van der Waals surface area contributed by atoms with Crippen molar-refractivity contribution in [2.45, 2.75) is 37.8 Å². The lowest BCUT2D eigenvalue weighted by Gasteiger charge is -2.33. The predicted molar refractivity (Wildman–Crippen MR) is 80.7 cm³/mol. The maximum absolute atomic E-state index is 11.9. The van der Waals surface area contributed by atoms with Gasteiger partial charge in [0.05, 0.1) is 7.11 Å². The molecular formula is C15H22N4O3. The number of aromatic nitrogens is 2. The molecule has 22 heavy (non-hydrogen) atoms. The SMILES string of the molecule is COc1ccnc(N2CCC(C(O)C(=O)NC3CC3)CC2)n1. The fraction of sp³-hybridized carbons (Fsp3) is 0.667. The molecule has 1 aliphatic carbocycles. The van der Waals surface area contributed by atoms with Gasteiger partial charge in [0.25, 0.3) is 0 Å². The highest BCUT2D eigenvalue weighted by Crippen LogP contribution is 2.25. The summed E-state index contributed by atoms with van der Waals surface area (Å²) in [6, 6.07) is 2.00. The molecule has 120 valence electrons. The van der Waals surface area contributed by atoms with Gasteiger partial charge in [-0.05, 0) is 31.6 Å².